The van der Waals surface area contributed by atoms with Gasteiger partial charge >= 0.3 is 5.97 Å². The third kappa shape index (κ3) is 3.89. The van der Waals surface area contributed by atoms with Gasteiger partial charge in [0.25, 0.3) is 5.91 Å². The molecule has 0 aliphatic rings. The minimum Gasteiger partial charge on any atom is -0.481 e. The first-order valence-electron chi connectivity index (χ1n) is 6.34. The summed E-state index contributed by atoms with van der Waals surface area (Å²) < 4.78 is 13.6. The molecule has 0 radical (unpaired) electrons. The quantitative estimate of drug-likeness (QED) is 0.908. The zero-order chi connectivity index (χ0) is 15.4. The average molecular weight is 287 g/mol. The van der Waals surface area contributed by atoms with Crippen molar-refractivity contribution in [2.45, 2.75) is 13.3 Å². The number of carboxylic acid groups (broad SMARTS) is 1. The number of carbonyl (C=O) groups is 2. The molecule has 4 nitrogen and oxygen atoms in total. The Morgan fingerprint density at radius 3 is 2.43 bits per heavy atom. The summed E-state index contributed by atoms with van der Waals surface area (Å²) in [5, 5.41) is 11.3. The van der Waals surface area contributed by atoms with Gasteiger partial charge in [0.15, 0.2) is 0 Å². The molecule has 2 rings (SSSR count). The summed E-state index contributed by atoms with van der Waals surface area (Å²) in [6.07, 6.45) is -0.0826. The van der Waals surface area contributed by atoms with Crippen molar-refractivity contribution < 1.29 is 19.1 Å². The third-order valence-electron chi connectivity index (χ3n) is 2.93. The molecule has 0 bridgehead atoms. The van der Waals surface area contributed by atoms with Crippen molar-refractivity contribution in [1.29, 1.82) is 0 Å². The number of benzene rings is 2. The first-order chi connectivity index (χ1) is 9.95. The molecule has 0 aliphatic heterocycles. The fourth-order valence-electron chi connectivity index (χ4n) is 1.89. The number of halogens is 1. The number of amides is 1. The normalized spacial score (nSPS) is 10.2. The van der Waals surface area contributed by atoms with E-state index >= 15 is 0 Å². The van der Waals surface area contributed by atoms with Crippen LogP contribution in [0.25, 0.3) is 0 Å². The van der Waals surface area contributed by atoms with Gasteiger partial charge in [0.05, 0.1) is 12.0 Å². The molecule has 0 unspecified atom stereocenters. The van der Waals surface area contributed by atoms with Gasteiger partial charge in [0.2, 0.25) is 0 Å². The van der Waals surface area contributed by atoms with Crippen LogP contribution in [0.1, 0.15) is 21.5 Å². The average Bonchev–Trinajstić information content (AvgIpc) is 2.43. The van der Waals surface area contributed by atoms with Gasteiger partial charge in [0.1, 0.15) is 5.82 Å². The van der Waals surface area contributed by atoms with Crippen LogP contribution in [0.4, 0.5) is 10.1 Å². The molecule has 108 valence electrons. The van der Waals surface area contributed by atoms with Crippen LogP contribution in [0.2, 0.25) is 0 Å². The number of rotatable bonds is 4. The first-order valence-corrected chi connectivity index (χ1v) is 6.34. The fourth-order valence-corrected chi connectivity index (χ4v) is 1.89. The largest absolute Gasteiger partial charge is 0.481 e. The van der Waals surface area contributed by atoms with Crippen LogP contribution in [0.15, 0.2) is 42.5 Å². The van der Waals surface area contributed by atoms with Crippen LogP contribution in [0.5, 0.6) is 0 Å². The highest BCUT2D eigenvalue weighted by atomic mass is 19.1. The maximum absolute atomic E-state index is 13.6. The van der Waals surface area contributed by atoms with Crippen LogP contribution >= 0.6 is 0 Å². The molecule has 0 fully saturated rings. The van der Waals surface area contributed by atoms with Gasteiger partial charge in [-0.25, -0.2) is 4.39 Å². The van der Waals surface area contributed by atoms with Gasteiger partial charge in [-0.3, -0.25) is 9.59 Å². The zero-order valence-electron chi connectivity index (χ0n) is 11.4. The number of aryl methyl sites for hydroxylation is 1. The Bertz CT molecular complexity index is 680. The van der Waals surface area contributed by atoms with Gasteiger partial charge in [-0.2, -0.15) is 0 Å². The van der Waals surface area contributed by atoms with E-state index in [1.54, 1.807) is 37.3 Å². The molecule has 0 aliphatic carbocycles. The second-order valence-corrected chi connectivity index (χ2v) is 4.70. The smallest absolute Gasteiger partial charge is 0.307 e. The highest BCUT2D eigenvalue weighted by Gasteiger charge is 2.12. The summed E-state index contributed by atoms with van der Waals surface area (Å²) in [6, 6.07) is 10.7. The van der Waals surface area contributed by atoms with Crippen molar-refractivity contribution in [2.24, 2.45) is 0 Å². The molecule has 0 atom stereocenters. The van der Waals surface area contributed by atoms with Crippen LogP contribution in [-0.4, -0.2) is 17.0 Å². The van der Waals surface area contributed by atoms with Crippen molar-refractivity contribution in [3.8, 4) is 0 Å². The van der Waals surface area contributed by atoms with Gasteiger partial charge in [-0.15, -0.1) is 0 Å². The molecule has 1 amide bonds. The lowest BCUT2D eigenvalue weighted by Crippen LogP contribution is -2.14. The lowest BCUT2D eigenvalue weighted by molar-refractivity contribution is -0.136. The lowest BCUT2D eigenvalue weighted by atomic mass is 10.1. The summed E-state index contributed by atoms with van der Waals surface area (Å²) in [4.78, 5) is 22.6. The standard InChI is InChI=1S/C16H14FNO3/c1-10-2-7-14(17)13(8-10)16(21)18-12-5-3-11(4-6-12)9-15(19)20/h2-8H,9H2,1H3,(H,18,21)(H,19,20). The molecule has 0 heterocycles. The molecule has 2 aromatic carbocycles. The Balaban J connectivity index is 2.12. The zero-order valence-corrected chi connectivity index (χ0v) is 11.4. The van der Waals surface area contributed by atoms with Crippen molar-refractivity contribution in [1.82, 2.24) is 0 Å². The Morgan fingerprint density at radius 1 is 1.14 bits per heavy atom. The minimum atomic E-state index is -0.923. The molecule has 0 aromatic heterocycles. The van der Waals surface area contributed by atoms with E-state index in [-0.39, 0.29) is 12.0 Å². The van der Waals surface area contributed by atoms with Crippen molar-refractivity contribution in [3.63, 3.8) is 0 Å². The summed E-state index contributed by atoms with van der Waals surface area (Å²) in [7, 11) is 0. The van der Waals surface area contributed by atoms with Crippen molar-refractivity contribution in [3.05, 3.63) is 65.0 Å². The number of carboxylic acids is 1. The Kier molecular flexibility index (Phi) is 4.33. The van der Waals surface area contributed by atoms with Gasteiger partial charge in [-0.1, -0.05) is 23.8 Å². The van der Waals surface area contributed by atoms with E-state index in [4.69, 9.17) is 5.11 Å². The van der Waals surface area contributed by atoms with E-state index in [1.807, 2.05) is 0 Å². The van der Waals surface area contributed by atoms with E-state index in [1.165, 1.54) is 12.1 Å². The summed E-state index contributed by atoms with van der Waals surface area (Å²) in [6.45, 7) is 1.77. The SMILES string of the molecule is Cc1ccc(F)c(C(=O)Nc2ccc(CC(=O)O)cc2)c1. The van der Waals surface area contributed by atoms with Crippen molar-refractivity contribution >= 4 is 17.6 Å². The topological polar surface area (TPSA) is 66.4 Å². The lowest BCUT2D eigenvalue weighted by Gasteiger charge is -2.07. The van der Waals surface area contributed by atoms with Gasteiger partial charge in [0, 0.05) is 5.69 Å². The van der Waals surface area contributed by atoms with E-state index in [0.29, 0.717) is 11.3 Å². The predicted octanol–water partition coefficient (Wildman–Crippen LogP) is 3.01. The maximum Gasteiger partial charge on any atom is 0.307 e. The molecule has 2 aromatic rings. The van der Waals surface area contributed by atoms with Gasteiger partial charge < -0.3 is 10.4 Å². The van der Waals surface area contributed by atoms with Gasteiger partial charge in [-0.05, 0) is 36.8 Å². The number of aliphatic carboxylic acids is 1. The van der Waals surface area contributed by atoms with E-state index in [9.17, 15) is 14.0 Å². The molecule has 0 saturated carbocycles. The second kappa shape index (κ2) is 6.17. The van der Waals surface area contributed by atoms with Crippen molar-refractivity contribution in [2.75, 3.05) is 5.32 Å². The van der Waals surface area contributed by atoms with Crippen LogP contribution in [-0.2, 0) is 11.2 Å². The number of nitrogens with one attached hydrogen (secondary N) is 1. The maximum atomic E-state index is 13.6. The number of carbonyl (C=O) groups excluding carboxylic acids is 1. The highest BCUT2D eigenvalue weighted by Crippen LogP contribution is 2.15. The monoisotopic (exact) mass is 287 g/mol. The predicted molar refractivity (Wildman–Crippen MR) is 76.9 cm³/mol. The minimum absolute atomic E-state index is 0.0235. The molecule has 0 saturated heterocycles. The number of hydrogen-bond donors (Lipinski definition) is 2. The molecular formula is C16H14FNO3. The van der Waals surface area contributed by atoms with Crippen LogP contribution in [0, 0.1) is 12.7 Å². The summed E-state index contributed by atoms with van der Waals surface area (Å²) >= 11 is 0. The Morgan fingerprint density at radius 2 is 1.81 bits per heavy atom. The third-order valence-corrected chi connectivity index (χ3v) is 2.93. The van der Waals surface area contributed by atoms with E-state index in [2.05, 4.69) is 5.32 Å². The second-order valence-electron chi connectivity index (χ2n) is 4.70. The first kappa shape index (κ1) is 14.7. The van der Waals surface area contributed by atoms with E-state index < -0.39 is 17.7 Å². The van der Waals surface area contributed by atoms with E-state index in [0.717, 1.165) is 5.56 Å². The molecular weight excluding hydrogens is 273 g/mol. The Hall–Kier alpha value is -2.69. The molecule has 5 heteroatoms. The summed E-state index contributed by atoms with van der Waals surface area (Å²) in [5.74, 6) is -2.05. The van der Waals surface area contributed by atoms with Crippen LogP contribution in [0.3, 0.4) is 0 Å². The Labute approximate surface area is 121 Å². The fraction of sp³-hybridized carbons (Fsp3) is 0.125. The molecule has 0 spiro atoms. The highest BCUT2D eigenvalue weighted by molar-refractivity contribution is 6.04. The van der Waals surface area contributed by atoms with Crippen LogP contribution < -0.4 is 5.32 Å². The number of hydrogen-bond acceptors (Lipinski definition) is 2. The number of anilines is 1. The molecule has 2 N–H and O–H groups in total. The molecule has 21 heavy (non-hydrogen) atoms. The summed E-state index contributed by atoms with van der Waals surface area (Å²) in [5.41, 5.74) is 1.88.